The number of carbonyl (C=O) groups is 2. The average Bonchev–Trinajstić information content (AvgIpc) is 3.35. The molecule has 164 valence electrons. The van der Waals surface area contributed by atoms with E-state index in [4.69, 9.17) is 0 Å². The summed E-state index contributed by atoms with van der Waals surface area (Å²) in [6.07, 6.45) is 1.80. The van der Waals surface area contributed by atoms with Gasteiger partial charge in [0.25, 0.3) is 0 Å². The number of nitrogens with zero attached hydrogens (tertiary/aromatic N) is 4. The molecular formula is C23H22N4O4S. The van der Waals surface area contributed by atoms with Crippen LogP contribution in [0.2, 0.25) is 0 Å². The summed E-state index contributed by atoms with van der Waals surface area (Å²) in [6.45, 7) is 2.47. The number of hydrogen-bond donors (Lipinski definition) is 2. The Bertz CT molecular complexity index is 1340. The number of carboxylic acids is 2. The van der Waals surface area contributed by atoms with Crippen LogP contribution in [0.3, 0.4) is 0 Å². The first-order valence-corrected chi connectivity index (χ1v) is 11.1. The minimum absolute atomic E-state index is 0.148. The fourth-order valence-corrected chi connectivity index (χ4v) is 5.35. The van der Waals surface area contributed by atoms with E-state index in [-0.39, 0.29) is 5.56 Å². The van der Waals surface area contributed by atoms with Crippen molar-refractivity contribution in [2.24, 2.45) is 7.05 Å². The van der Waals surface area contributed by atoms with Crippen molar-refractivity contribution in [3.63, 3.8) is 0 Å². The van der Waals surface area contributed by atoms with Gasteiger partial charge >= 0.3 is 11.9 Å². The Kier molecular flexibility index (Phi) is 5.07. The maximum absolute atomic E-state index is 12.4. The van der Waals surface area contributed by atoms with Crippen molar-refractivity contribution in [3.05, 3.63) is 59.8 Å². The number of aromatic nitrogens is 2. The molecule has 0 radical (unpaired) electrons. The van der Waals surface area contributed by atoms with Crippen molar-refractivity contribution < 1.29 is 19.8 Å². The minimum atomic E-state index is -1.03. The number of rotatable bonds is 5. The molecule has 9 heteroatoms. The van der Waals surface area contributed by atoms with Gasteiger partial charge in [-0.25, -0.2) is 4.79 Å². The molecule has 32 heavy (non-hydrogen) atoms. The molecule has 2 aromatic carbocycles. The summed E-state index contributed by atoms with van der Waals surface area (Å²) in [5.74, 6) is -1.02. The lowest BCUT2D eigenvalue weighted by Crippen LogP contribution is -2.49. The molecule has 1 fully saturated rings. The second kappa shape index (κ2) is 7.92. The highest BCUT2D eigenvalue weighted by atomic mass is 32.1. The van der Waals surface area contributed by atoms with E-state index in [0.29, 0.717) is 37.1 Å². The molecule has 0 aliphatic carbocycles. The molecule has 8 nitrogen and oxygen atoms in total. The topological polar surface area (TPSA) is 98.9 Å². The first-order valence-electron chi connectivity index (χ1n) is 10.3. The lowest BCUT2D eigenvalue weighted by Gasteiger charge is -2.38. The monoisotopic (exact) mass is 450 g/mol. The first-order chi connectivity index (χ1) is 15.4. The number of aliphatic carboxylic acids is 1. The standard InChI is InChI=1S/C23H22N4O4S/c1-25-13-17(16-12-14(22(28)29)6-7-18(16)25)20(23(30)31)26-8-10-27(11-9-26)21-15-4-2-3-5-19(15)32-24-21/h2-7,12-13,20H,8-11H2,1H3,(H,28,29)(H,30,31). The zero-order valence-corrected chi connectivity index (χ0v) is 18.2. The van der Waals surface area contributed by atoms with Gasteiger partial charge in [-0.05, 0) is 41.9 Å². The maximum atomic E-state index is 12.4. The van der Waals surface area contributed by atoms with E-state index in [2.05, 4.69) is 21.4 Å². The second-order valence-electron chi connectivity index (χ2n) is 8.00. The Morgan fingerprint density at radius 1 is 1.03 bits per heavy atom. The molecule has 1 aliphatic rings. The molecule has 1 atom stereocenters. The predicted octanol–water partition coefficient (Wildman–Crippen LogP) is 3.43. The molecule has 1 unspecified atom stereocenters. The van der Waals surface area contributed by atoms with Gasteiger partial charge in [-0.15, -0.1) is 0 Å². The van der Waals surface area contributed by atoms with Crippen LogP contribution in [0.1, 0.15) is 22.0 Å². The van der Waals surface area contributed by atoms with E-state index in [1.54, 1.807) is 24.4 Å². The van der Waals surface area contributed by atoms with Gasteiger partial charge in [-0.2, -0.15) is 4.37 Å². The first kappa shape index (κ1) is 20.5. The van der Waals surface area contributed by atoms with Crippen molar-refractivity contribution in [1.82, 2.24) is 13.8 Å². The summed E-state index contributed by atoms with van der Waals surface area (Å²) in [4.78, 5) is 28.0. The zero-order valence-electron chi connectivity index (χ0n) is 17.4. The number of piperazine rings is 1. The van der Waals surface area contributed by atoms with Crippen LogP contribution in [0.4, 0.5) is 5.82 Å². The zero-order chi connectivity index (χ0) is 22.4. The van der Waals surface area contributed by atoms with Gasteiger partial charge in [0, 0.05) is 61.3 Å². The average molecular weight is 451 g/mol. The lowest BCUT2D eigenvalue weighted by atomic mass is 10.0. The van der Waals surface area contributed by atoms with Gasteiger partial charge in [0.2, 0.25) is 0 Å². The maximum Gasteiger partial charge on any atom is 0.335 e. The van der Waals surface area contributed by atoms with E-state index in [1.165, 1.54) is 11.5 Å². The van der Waals surface area contributed by atoms with Crippen LogP contribution in [0.5, 0.6) is 0 Å². The number of carboxylic acid groups (broad SMARTS) is 2. The number of benzene rings is 2. The smallest absolute Gasteiger partial charge is 0.335 e. The number of fused-ring (bicyclic) bond motifs is 2. The molecule has 5 rings (SSSR count). The van der Waals surface area contributed by atoms with Crippen LogP contribution in [-0.4, -0.2) is 62.2 Å². The molecule has 0 spiro atoms. The number of aromatic carboxylic acids is 1. The van der Waals surface area contributed by atoms with E-state index in [9.17, 15) is 19.8 Å². The Labute approximate surface area is 188 Å². The Balaban J connectivity index is 1.44. The SMILES string of the molecule is Cn1cc(C(C(=O)O)N2CCN(c3nsc4ccccc34)CC2)c2cc(C(=O)O)ccc21. The summed E-state index contributed by atoms with van der Waals surface area (Å²) in [5.41, 5.74) is 1.57. The normalized spacial score (nSPS) is 16.0. The molecule has 3 heterocycles. The van der Waals surface area contributed by atoms with Crippen LogP contribution < -0.4 is 4.90 Å². The van der Waals surface area contributed by atoms with Crippen molar-refractivity contribution >= 4 is 50.3 Å². The highest BCUT2D eigenvalue weighted by molar-refractivity contribution is 7.13. The summed E-state index contributed by atoms with van der Waals surface area (Å²) in [5, 5.41) is 21.3. The van der Waals surface area contributed by atoms with Crippen molar-refractivity contribution in [2.45, 2.75) is 6.04 Å². The highest BCUT2D eigenvalue weighted by Crippen LogP contribution is 2.34. The Morgan fingerprint density at radius 2 is 1.78 bits per heavy atom. The molecule has 0 bridgehead atoms. The minimum Gasteiger partial charge on any atom is -0.480 e. The molecule has 2 aromatic heterocycles. The van der Waals surface area contributed by atoms with Crippen LogP contribution in [0.15, 0.2) is 48.7 Å². The van der Waals surface area contributed by atoms with Gasteiger partial charge in [-0.1, -0.05) is 12.1 Å². The van der Waals surface area contributed by atoms with Gasteiger partial charge in [0.15, 0.2) is 0 Å². The Morgan fingerprint density at radius 3 is 2.50 bits per heavy atom. The molecular weight excluding hydrogens is 428 g/mol. The summed E-state index contributed by atoms with van der Waals surface area (Å²) >= 11 is 1.47. The fourth-order valence-electron chi connectivity index (χ4n) is 4.55. The van der Waals surface area contributed by atoms with Crippen molar-refractivity contribution in [3.8, 4) is 0 Å². The van der Waals surface area contributed by atoms with Crippen LogP contribution >= 0.6 is 11.5 Å². The third kappa shape index (κ3) is 3.39. The molecule has 0 saturated carbocycles. The second-order valence-corrected chi connectivity index (χ2v) is 8.80. The fraction of sp³-hybridized carbons (Fsp3) is 0.261. The molecule has 2 N–H and O–H groups in total. The van der Waals surface area contributed by atoms with Gasteiger partial charge in [0.1, 0.15) is 11.9 Å². The van der Waals surface area contributed by atoms with E-state index in [1.807, 2.05) is 28.6 Å². The van der Waals surface area contributed by atoms with Gasteiger partial charge < -0.3 is 19.7 Å². The molecule has 4 aromatic rings. The van der Waals surface area contributed by atoms with Gasteiger partial charge in [0.05, 0.1) is 10.3 Å². The quantitative estimate of drug-likeness (QED) is 0.481. The lowest BCUT2D eigenvalue weighted by molar-refractivity contribution is -0.143. The molecule has 1 aliphatic heterocycles. The highest BCUT2D eigenvalue weighted by Gasteiger charge is 2.33. The molecule has 1 saturated heterocycles. The summed E-state index contributed by atoms with van der Waals surface area (Å²) in [6, 6.07) is 12.1. The van der Waals surface area contributed by atoms with E-state index in [0.717, 1.165) is 21.4 Å². The van der Waals surface area contributed by atoms with Crippen LogP contribution in [-0.2, 0) is 11.8 Å². The van der Waals surface area contributed by atoms with Crippen LogP contribution in [0.25, 0.3) is 21.0 Å². The van der Waals surface area contributed by atoms with E-state index >= 15 is 0 Å². The number of aryl methyl sites for hydroxylation is 1. The third-order valence-electron chi connectivity index (χ3n) is 6.13. The van der Waals surface area contributed by atoms with Crippen LogP contribution in [0, 0.1) is 0 Å². The molecule has 0 amide bonds. The van der Waals surface area contributed by atoms with Crippen molar-refractivity contribution in [1.29, 1.82) is 0 Å². The number of hydrogen-bond acceptors (Lipinski definition) is 6. The summed E-state index contributed by atoms with van der Waals surface area (Å²) < 4.78 is 7.61. The summed E-state index contributed by atoms with van der Waals surface area (Å²) in [7, 11) is 1.84. The van der Waals surface area contributed by atoms with Crippen molar-refractivity contribution in [2.75, 3.05) is 31.1 Å². The largest absolute Gasteiger partial charge is 0.480 e. The Hall–Kier alpha value is -3.43. The predicted molar refractivity (Wildman–Crippen MR) is 124 cm³/mol. The van der Waals surface area contributed by atoms with E-state index < -0.39 is 18.0 Å². The number of anilines is 1. The van der Waals surface area contributed by atoms with Gasteiger partial charge in [-0.3, -0.25) is 9.69 Å². The third-order valence-corrected chi connectivity index (χ3v) is 6.95.